The van der Waals surface area contributed by atoms with E-state index in [1.165, 1.54) is 10.6 Å². The zero-order valence-electron chi connectivity index (χ0n) is 14.1. The van der Waals surface area contributed by atoms with Crippen LogP contribution in [0.5, 0.6) is 0 Å². The summed E-state index contributed by atoms with van der Waals surface area (Å²) >= 11 is 6.29. The van der Waals surface area contributed by atoms with Crippen LogP contribution in [0.1, 0.15) is 0 Å². The fourth-order valence-electron chi connectivity index (χ4n) is 2.96. The number of rotatable bonds is 3. The van der Waals surface area contributed by atoms with Crippen molar-refractivity contribution in [3.63, 3.8) is 0 Å². The van der Waals surface area contributed by atoms with E-state index < -0.39 is 10.0 Å². The van der Waals surface area contributed by atoms with Crippen molar-refractivity contribution in [3.05, 3.63) is 35.5 Å². The van der Waals surface area contributed by atoms with Gasteiger partial charge in [0.15, 0.2) is 5.82 Å². The Labute approximate surface area is 155 Å². The van der Waals surface area contributed by atoms with Crippen LogP contribution in [0.4, 0.5) is 5.95 Å². The van der Waals surface area contributed by atoms with Crippen molar-refractivity contribution in [1.29, 1.82) is 0 Å². The summed E-state index contributed by atoms with van der Waals surface area (Å²) in [4.78, 5) is 18.6. The lowest BCUT2D eigenvalue weighted by Gasteiger charge is -2.33. The summed E-state index contributed by atoms with van der Waals surface area (Å²) in [5, 5.41) is 0.405. The van der Waals surface area contributed by atoms with Gasteiger partial charge < -0.3 is 9.88 Å². The minimum Gasteiger partial charge on any atom is -0.338 e. The number of fused-ring (bicyclic) bond motifs is 1. The Bertz CT molecular complexity index is 1030. The average molecular weight is 393 g/mol. The lowest BCUT2D eigenvalue weighted by molar-refractivity contribution is 0.385. The molecule has 0 unspecified atom stereocenters. The van der Waals surface area contributed by atoms with Gasteiger partial charge in [-0.25, -0.2) is 23.4 Å². The third kappa shape index (κ3) is 3.25. The van der Waals surface area contributed by atoms with Crippen molar-refractivity contribution in [2.45, 2.75) is 0 Å². The second-order valence-electron chi connectivity index (χ2n) is 6.12. The van der Waals surface area contributed by atoms with Gasteiger partial charge in [0.05, 0.1) is 28.5 Å². The van der Waals surface area contributed by atoms with Crippen molar-refractivity contribution >= 4 is 38.6 Å². The summed E-state index contributed by atoms with van der Waals surface area (Å²) in [6.45, 7) is 1.86. The van der Waals surface area contributed by atoms with E-state index in [-0.39, 0.29) is 0 Å². The minimum absolute atomic E-state index is 0.405. The van der Waals surface area contributed by atoms with Gasteiger partial charge in [-0.05, 0) is 12.1 Å². The van der Waals surface area contributed by atoms with Gasteiger partial charge in [0.1, 0.15) is 5.69 Å². The number of imidazole rings is 1. The predicted molar refractivity (Wildman–Crippen MR) is 101 cm³/mol. The second kappa shape index (κ2) is 6.49. The summed E-state index contributed by atoms with van der Waals surface area (Å²) in [6.07, 6.45) is 2.77. The number of benzene rings is 1. The molecule has 8 nitrogen and oxygen atoms in total. The van der Waals surface area contributed by atoms with Gasteiger partial charge in [-0.1, -0.05) is 23.7 Å². The van der Waals surface area contributed by atoms with Gasteiger partial charge >= 0.3 is 0 Å². The Morgan fingerprint density at radius 1 is 1.12 bits per heavy atom. The van der Waals surface area contributed by atoms with Gasteiger partial charge in [-0.2, -0.15) is 4.31 Å². The fourth-order valence-corrected chi connectivity index (χ4v) is 3.97. The number of H-pyrrole nitrogens is 1. The number of nitrogens with one attached hydrogen (secondary N) is 1. The number of hydrogen-bond acceptors (Lipinski definition) is 6. The first kappa shape index (κ1) is 17.2. The van der Waals surface area contributed by atoms with E-state index in [0.29, 0.717) is 48.7 Å². The number of para-hydroxylation sites is 2. The van der Waals surface area contributed by atoms with Gasteiger partial charge in [-0.15, -0.1) is 0 Å². The average Bonchev–Trinajstić information content (AvgIpc) is 3.05. The molecule has 10 heteroatoms. The highest BCUT2D eigenvalue weighted by Gasteiger charge is 2.25. The summed E-state index contributed by atoms with van der Waals surface area (Å²) in [6, 6.07) is 7.70. The molecule has 3 aromatic rings. The number of nitrogens with zero attached hydrogens (tertiary/aromatic N) is 5. The van der Waals surface area contributed by atoms with Crippen molar-refractivity contribution in [2.24, 2.45) is 0 Å². The van der Waals surface area contributed by atoms with Crippen molar-refractivity contribution in [2.75, 3.05) is 37.3 Å². The zero-order valence-corrected chi connectivity index (χ0v) is 15.6. The fraction of sp³-hybridized carbons (Fsp3) is 0.312. The molecule has 0 saturated carbocycles. The molecule has 2 aromatic heterocycles. The normalized spacial score (nSPS) is 16.3. The monoisotopic (exact) mass is 392 g/mol. The molecule has 1 aliphatic rings. The molecular formula is C16H17ClN6O2S. The molecule has 1 N–H and O–H groups in total. The molecular weight excluding hydrogens is 376 g/mol. The maximum Gasteiger partial charge on any atom is 0.226 e. The largest absolute Gasteiger partial charge is 0.338 e. The first-order valence-electron chi connectivity index (χ1n) is 8.09. The van der Waals surface area contributed by atoms with Crippen molar-refractivity contribution < 1.29 is 8.42 Å². The quantitative estimate of drug-likeness (QED) is 0.729. The topological polar surface area (TPSA) is 95.1 Å². The Hall–Kier alpha value is -2.23. The Morgan fingerprint density at radius 2 is 1.85 bits per heavy atom. The molecule has 0 bridgehead atoms. The SMILES string of the molecule is CS(=O)(=O)N1CCN(c2ncc(Cl)c(-c3nc4ccccc4[nH]3)n2)CC1. The first-order valence-corrected chi connectivity index (χ1v) is 10.3. The highest BCUT2D eigenvalue weighted by molar-refractivity contribution is 7.88. The maximum atomic E-state index is 11.6. The number of anilines is 1. The number of halogens is 1. The van der Waals surface area contributed by atoms with Crippen LogP contribution in [0.25, 0.3) is 22.6 Å². The molecule has 0 spiro atoms. The van der Waals surface area contributed by atoms with E-state index >= 15 is 0 Å². The van der Waals surface area contributed by atoms with Crippen LogP contribution >= 0.6 is 11.6 Å². The lowest BCUT2D eigenvalue weighted by Crippen LogP contribution is -2.48. The molecule has 136 valence electrons. The van der Waals surface area contributed by atoms with E-state index in [0.717, 1.165) is 11.0 Å². The molecule has 1 aromatic carbocycles. The number of hydrogen-bond donors (Lipinski definition) is 1. The molecule has 3 heterocycles. The van der Waals surface area contributed by atoms with E-state index in [1.54, 1.807) is 6.20 Å². The van der Waals surface area contributed by atoms with Gasteiger partial charge in [0.2, 0.25) is 16.0 Å². The van der Waals surface area contributed by atoms with Crippen LogP contribution in [-0.4, -0.2) is 65.1 Å². The predicted octanol–water partition coefficient (Wildman–Crippen LogP) is 1.75. The standard InChI is InChI=1S/C16H17ClN6O2S/c1-26(24,25)23-8-6-22(7-9-23)16-18-10-11(17)14(21-16)15-19-12-4-2-3-5-13(12)20-15/h2-5,10H,6-9H2,1H3,(H,19,20). The number of aromatic nitrogens is 4. The lowest BCUT2D eigenvalue weighted by atomic mass is 10.3. The number of sulfonamides is 1. The Kier molecular flexibility index (Phi) is 4.29. The van der Waals surface area contributed by atoms with Crippen molar-refractivity contribution in [3.8, 4) is 11.5 Å². The van der Waals surface area contributed by atoms with Crippen LogP contribution in [0.15, 0.2) is 30.5 Å². The number of piperazine rings is 1. The van der Waals surface area contributed by atoms with E-state index in [1.807, 2.05) is 29.2 Å². The van der Waals surface area contributed by atoms with E-state index in [2.05, 4.69) is 19.9 Å². The third-order valence-electron chi connectivity index (χ3n) is 4.34. The Balaban J connectivity index is 1.63. The van der Waals surface area contributed by atoms with Crippen LogP contribution in [-0.2, 0) is 10.0 Å². The molecule has 1 aliphatic heterocycles. The van der Waals surface area contributed by atoms with Crippen LogP contribution in [0.2, 0.25) is 5.02 Å². The molecule has 26 heavy (non-hydrogen) atoms. The highest BCUT2D eigenvalue weighted by Crippen LogP contribution is 2.27. The first-order chi connectivity index (χ1) is 12.4. The second-order valence-corrected chi connectivity index (χ2v) is 8.51. The summed E-state index contributed by atoms with van der Waals surface area (Å²) in [5.74, 6) is 1.09. The molecule has 1 fully saturated rings. The van der Waals surface area contributed by atoms with Gasteiger partial charge in [0, 0.05) is 26.2 Å². The smallest absolute Gasteiger partial charge is 0.226 e. The van der Waals surface area contributed by atoms with Crippen LogP contribution in [0.3, 0.4) is 0 Å². The van der Waals surface area contributed by atoms with Crippen LogP contribution in [0, 0.1) is 0 Å². The van der Waals surface area contributed by atoms with Gasteiger partial charge in [0.25, 0.3) is 0 Å². The van der Waals surface area contributed by atoms with Crippen LogP contribution < -0.4 is 4.90 Å². The maximum absolute atomic E-state index is 11.6. The van der Waals surface area contributed by atoms with Gasteiger partial charge in [-0.3, -0.25) is 0 Å². The highest BCUT2D eigenvalue weighted by atomic mass is 35.5. The van der Waals surface area contributed by atoms with E-state index in [4.69, 9.17) is 11.6 Å². The molecule has 0 radical (unpaired) electrons. The zero-order chi connectivity index (χ0) is 18.3. The molecule has 4 rings (SSSR count). The summed E-state index contributed by atoms with van der Waals surface area (Å²) < 4.78 is 24.7. The molecule has 0 atom stereocenters. The van der Waals surface area contributed by atoms with Crippen molar-refractivity contribution in [1.82, 2.24) is 24.2 Å². The molecule has 1 saturated heterocycles. The summed E-state index contributed by atoms with van der Waals surface area (Å²) in [5.41, 5.74) is 2.26. The third-order valence-corrected chi connectivity index (χ3v) is 5.92. The summed E-state index contributed by atoms with van der Waals surface area (Å²) in [7, 11) is -3.17. The Morgan fingerprint density at radius 3 is 2.54 bits per heavy atom. The molecule has 0 amide bonds. The minimum atomic E-state index is -3.17. The molecule has 0 aliphatic carbocycles. The number of aromatic amines is 1. The van der Waals surface area contributed by atoms with E-state index in [9.17, 15) is 8.42 Å².